The second kappa shape index (κ2) is 20.2. The van der Waals surface area contributed by atoms with E-state index >= 15 is 0 Å². The van der Waals surface area contributed by atoms with Gasteiger partial charge in [0, 0.05) is 104 Å². The maximum atomic E-state index is 13.1. The van der Waals surface area contributed by atoms with Gasteiger partial charge in [0.2, 0.25) is 5.91 Å². The fourth-order valence-corrected chi connectivity index (χ4v) is 5.21. The van der Waals surface area contributed by atoms with Crippen molar-refractivity contribution in [1.82, 2.24) is 39.8 Å². The Morgan fingerprint density at radius 3 is 1.59 bits per heavy atom. The summed E-state index contributed by atoms with van der Waals surface area (Å²) < 4.78 is 0. The first kappa shape index (κ1) is 36.5. The molecule has 0 spiro atoms. The Labute approximate surface area is 270 Å². The molecule has 0 saturated carbocycles. The summed E-state index contributed by atoms with van der Waals surface area (Å²) in [5.74, 6) is -1.95. The monoisotopic (exact) mass is 640 g/mol. The van der Waals surface area contributed by atoms with Gasteiger partial charge in [-0.05, 0) is 24.3 Å². The molecule has 1 aliphatic heterocycles. The van der Waals surface area contributed by atoms with E-state index in [0.717, 1.165) is 11.4 Å². The van der Waals surface area contributed by atoms with Gasteiger partial charge in [0.05, 0.1) is 36.8 Å². The number of nitrogens with zero attached hydrogens (tertiary/aromatic N) is 7. The number of carboxylic acid groups (broad SMARTS) is 2. The third kappa shape index (κ3) is 15.4. The van der Waals surface area contributed by atoms with E-state index in [-0.39, 0.29) is 31.3 Å². The van der Waals surface area contributed by atoms with Gasteiger partial charge in [-0.3, -0.25) is 44.0 Å². The van der Waals surface area contributed by atoms with Crippen molar-refractivity contribution in [2.24, 2.45) is 0 Å². The number of hydrogen-bond donors (Lipinski definition) is 4. The molecule has 3 heterocycles. The van der Waals surface area contributed by atoms with Crippen LogP contribution in [0.4, 0.5) is 0 Å². The standard InChI is InChI=1S/C32H48N8O6/c1-27(41)8-12-36-14-16-38(25-31(43)44)20-18-37(19-21-39(17-15-36)26-32(45)46)24-30(42)35-11-13-40(22-28-6-2-4-9-33-28)23-29-7-3-5-10-34-29/h2-7,9-10,41H,1,8,11-26H2,(H,35,42)(H,43,44)(H,45,46). The molecule has 0 aromatic carbocycles. The van der Waals surface area contributed by atoms with Gasteiger partial charge in [-0.15, -0.1) is 0 Å². The number of carbonyl (C=O) groups excluding carboxylic acids is 1. The highest BCUT2D eigenvalue weighted by Gasteiger charge is 2.20. The summed E-state index contributed by atoms with van der Waals surface area (Å²) in [4.78, 5) is 55.1. The Morgan fingerprint density at radius 2 is 1.17 bits per heavy atom. The molecular weight excluding hydrogens is 592 g/mol. The summed E-state index contributed by atoms with van der Waals surface area (Å²) in [6, 6.07) is 11.6. The molecular formula is C32H48N8O6. The zero-order chi connectivity index (χ0) is 33.1. The van der Waals surface area contributed by atoms with Crippen LogP contribution in [0.2, 0.25) is 0 Å². The number of amides is 1. The van der Waals surface area contributed by atoms with Gasteiger partial charge in [-0.2, -0.15) is 0 Å². The molecule has 14 nitrogen and oxygen atoms in total. The van der Waals surface area contributed by atoms with Crippen molar-refractivity contribution in [3.8, 4) is 0 Å². The maximum absolute atomic E-state index is 13.1. The number of aliphatic hydroxyl groups is 1. The molecule has 4 N–H and O–H groups in total. The number of aliphatic hydroxyl groups excluding tert-OH is 1. The maximum Gasteiger partial charge on any atom is 0.317 e. The fraction of sp³-hybridized carbons (Fsp3) is 0.531. The second-order valence-electron chi connectivity index (χ2n) is 11.5. The number of aliphatic carboxylic acids is 2. The first-order chi connectivity index (χ1) is 22.2. The summed E-state index contributed by atoms with van der Waals surface area (Å²) in [5.41, 5.74) is 1.84. The van der Waals surface area contributed by atoms with Crippen LogP contribution < -0.4 is 5.32 Å². The van der Waals surface area contributed by atoms with Crippen LogP contribution in [0.5, 0.6) is 0 Å². The van der Waals surface area contributed by atoms with Gasteiger partial charge in [-0.1, -0.05) is 18.7 Å². The van der Waals surface area contributed by atoms with Crippen LogP contribution >= 0.6 is 0 Å². The molecule has 1 saturated heterocycles. The highest BCUT2D eigenvalue weighted by Crippen LogP contribution is 2.07. The van der Waals surface area contributed by atoms with Crippen molar-refractivity contribution in [2.75, 3.05) is 91.6 Å². The number of nitrogens with one attached hydrogen (secondary N) is 1. The Morgan fingerprint density at radius 1 is 0.717 bits per heavy atom. The minimum atomic E-state index is -0.930. The van der Waals surface area contributed by atoms with Gasteiger partial charge in [0.1, 0.15) is 0 Å². The molecule has 1 amide bonds. The fourth-order valence-electron chi connectivity index (χ4n) is 5.21. The molecule has 1 fully saturated rings. The van der Waals surface area contributed by atoms with E-state index in [2.05, 4.69) is 31.7 Å². The zero-order valence-electron chi connectivity index (χ0n) is 26.5. The lowest BCUT2D eigenvalue weighted by atomic mass is 10.3. The minimum absolute atomic E-state index is 0.0685. The van der Waals surface area contributed by atoms with Crippen molar-refractivity contribution in [3.05, 3.63) is 72.5 Å². The van der Waals surface area contributed by atoms with Crippen LogP contribution in [0, 0.1) is 0 Å². The van der Waals surface area contributed by atoms with E-state index < -0.39 is 11.9 Å². The first-order valence-electron chi connectivity index (χ1n) is 15.6. The Balaban J connectivity index is 1.61. The summed E-state index contributed by atoms with van der Waals surface area (Å²) in [7, 11) is 0. The summed E-state index contributed by atoms with van der Waals surface area (Å²) >= 11 is 0. The van der Waals surface area contributed by atoms with Crippen LogP contribution in [0.1, 0.15) is 17.8 Å². The highest BCUT2D eigenvalue weighted by molar-refractivity contribution is 5.78. The molecule has 0 radical (unpaired) electrons. The third-order valence-corrected chi connectivity index (χ3v) is 7.71. The summed E-state index contributed by atoms with van der Waals surface area (Å²) in [5, 5.41) is 31.6. The molecule has 2 aromatic heterocycles. The average molecular weight is 641 g/mol. The SMILES string of the molecule is C=C(O)CCN1CCN(CC(=O)O)CCN(CC(=O)NCCN(Cc2ccccn2)Cc2ccccn2)CCN(CC(=O)O)CC1. The highest BCUT2D eigenvalue weighted by atomic mass is 16.4. The molecule has 46 heavy (non-hydrogen) atoms. The number of carbonyl (C=O) groups is 3. The predicted molar refractivity (Wildman–Crippen MR) is 173 cm³/mol. The molecule has 1 aliphatic rings. The summed E-state index contributed by atoms with van der Waals surface area (Å²) in [6.45, 7) is 9.94. The van der Waals surface area contributed by atoms with E-state index in [1.807, 2.05) is 51.1 Å². The topological polar surface area (TPSA) is 166 Å². The van der Waals surface area contributed by atoms with Crippen LogP contribution in [0.25, 0.3) is 0 Å². The number of aromatic nitrogens is 2. The lowest BCUT2D eigenvalue weighted by Crippen LogP contribution is -2.49. The molecule has 14 heteroatoms. The largest absolute Gasteiger partial charge is 0.513 e. The predicted octanol–water partition coefficient (Wildman–Crippen LogP) is 0.448. The number of hydrogen-bond acceptors (Lipinski definition) is 11. The van der Waals surface area contributed by atoms with E-state index in [9.17, 15) is 29.7 Å². The van der Waals surface area contributed by atoms with Crippen molar-refractivity contribution in [2.45, 2.75) is 19.5 Å². The van der Waals surface area contributed by atoms with Crippen molar-refractivity contribution >= 4 is 17.8 Å². The van der Waals surface area contributed by atoms with Crippen molar-refractivity contribution in [3.63, 3.8) is 0 Å². The molecule has 0 unspecified atom stereocenters. The average Bonchev–Trinajstić information content (AvgIpc) is 3.01. The Hall–Kier alpha value is -3.95. The lowest BCUT2D eigenvalue weighted by Gasteiger charge is -2.33. The smallest absolute Gasteiger partial charge is 0.317 e. The van der Waals surface area contributed by atoms with E-state index in [4.69, 9.17) is 0 Å². The third-order valence-electron chi connectivity index (χ3n) is 7.71. The molecule has 0 atom stereocenters. The summed E-state index contributed by atoms with van der Waals surface area (Å²) in [6.07, 6.45) is 3.89. The van der Waals surface area contributed by atoms with E-state index in [1.54, 1.807) is 12.4 Å². The van der Waals surface area contributed by atoms with Crippen LogP contribution in [-0.4, -0.2) is 159 Å². The lowest BCUT2D eigenvalue weighted by molar-refractivity contribution is -0.139. The number of pyridine rings is 2. The molecule has 2 aromatic rings. The van der Waals surface area contributed by atoms with Crippen LogP contribution in [-0.2, 0) is 27.5 Å². The van der Waals surface area contributed by atoms with Gasteiger partial charge in [0.25, 0.3) is 0 Å². The molecule has 0 aliphatic carbocycles. The van der Waals surface area contributed by atoms with E-state index in [0.29, 0.717) is 91.5 Å². The van der Waals surface area contributed by atoms with Gasteiger partial charge >= 0.3 is 11.9 Å². The van der Waals surface area contributed by atoms with Gasteiger partial charge in [-0.25, -0.2) is 0 Å². The number of carboxylic acids is 2. The van der Waals surface area contributed by atoms with Crippen LogP contribution in [0.3, 0.4) is 0 Å². The molecule has 3 rings (SSSR count). The first-order valence-corrected chi connectivity index (χ1v) is 15.6. The van der Waals surface area contributed by atoms with Crippen molar-refractivity contribution < 1.29 is 29.7 Å². The Bertz CT molecular complexity index is 1150. The zero-order valence-corrected chi connectivity index (χ0v) is 26.5. The Kier molecular flexibility index (Phi) is 16.1. The molecule has 252 valence electrons. The second-order valence-corrected chi connectivity index (χ2v) is 11.5. The molecule has 0 bridgehead atoms. The van der Waals surface area contributed by atoms with Crippen molar-refractivity contribution in [1.29, 1.82) is 0 Å². The number of rotatable bonds is 16. The minimum Gasteiger partial charge on any atom is -0.513 e. The quantitative estimate of drug-likeness (QED) is 0.187. The van der Waals surface area contributed by atoms with E-state index in [1.165, 1.54) is 0 Å². The normalized spacial score (nSPS) is 16.4. The van der Waals surface area contributed by atoms with Gasteiger partial charge < -0.3 is 25.5 Å². The van der Waals surface area contributed by atoms with Gasteiger partial charge in [0.15, 0.2) is 0 Å². The van der Waals surface area contributed by atoms with Crippen LogP contribution in [0.15, 0.2) is 61.1 Å².